The fourth-order valence-corrected chi connectivity index (χ4v) is 4.09. The molecule has 164 valence electrons. The number of aromatic amines is 1. The van der Waals surface area contributed by atoms with Crippen LogP contribution in [0.3, 0.4) is 0 Å². The summed E-state index contributed by atoms with van der Waals surface area (Å²) in [4.78, 5) is 24.6. The van der Waals surface area contributed by atoms with Crippen LogP contribution in [0.4, 0.5) is 11.8 Å². The number of carbonyl (C=O) groups is 1. The number of H-pyrrole nitrogens is 1. The Morgan fingerprint density at radius 1 is 1.16 bits per heavy atom. The van der Waals surface area contributed by atoms with Crippen molar-refractivity contribution < 1.29 is 9.53 Å². The number of hydrogen-bond donors (Lipinski definition) is 3. The fourth-order valence-electron chi connectivity index (χ4n) is 4.09. The number of anilines is 2. The third kappa shape index (κ3) is 3.77. The Balaban J connectivity index is 1.57. The topological polar surface area (TPSA) is 110 Å². The van der Waals surface area contributed by atoms with Gasteiger partial charge in [-0.25, -0.2) is 0 Å². The standard InChI is InChI=1S/C23H25N7O2/c1-24-21(31)15-9-7-14(8-10-15)17-13-25-20-19(17)22(32-16-5-3-4-6-16)29-23(28-20)27-18-11-12-26-30(18)2/h7-13,16H,3-6H2,1-2H3,(H,24,31)(H2,25,27,28,29). The van der Waals surface area contributed by atoms with Crippen LogP contribution in [0.5, 0.6) is 5.88 Å². The molecule has 1 aliphatic rings. The molecule has 0 unspecified atom stereocenters. The van der Waals surface area contributed by atoms with Gasteiger partial charge in [0.1, 0.15) is 17.6 Å². The predicted octanol–water partition coefficient (Wildman–Crippen LogP) is 3.78. The summed E-state index contributed by atoms with van der Waals surface area (Å²) in [5.74, 6) is 1.67. The molecule has 3 heterocycles. The highest BCUT2D eigenvalue weighted by atomic mass is 16.5. The number of nitrogens with zero attached hydrogens (tertiary/aromatic N) is 4. The normalized spacial score (nSPS) is 14.1. The van der Waals surface area contributed by atoms with Crippen LogP contribution in [0.2, 0.25) is 0 Å². The third-order valence-corrected chi connectivity index (χ3v) is 5.82. The summed E-state index contributed by atoms with van der Waals surface area (Å²) >= 11 is 0. The highest BCUT2D eigenvalue weighted by Gasteiger charge is 2.22. The molecule has 0 atom stereocenters. The van der Waals surface area contributed by atoms with E-state index in [-0.39, 0.29) is 12.0 Å². The average molecular weight is 432 g/mol. The molecular weight excluding hydrogens is 406 g/mol. The van der Waals surface area contributed by atoms with Gasteiger partial charge < -0.3 is 20.4 Å². The number of fused-ring (bicyclic) bond motifs is 1. The monoisotopic (exact) mass is 431 g/mol. The van der Waals surface area contributed by atoms with E-state index in [1.54, 1.807) is 17.9 Å². The number of hydrogen-bond acceptors (Lipinski definition) is 6. The molecule has 0 aliphatic heterocycles. The predicted molar refractivity (Wildman–Crippen MR) is 122 cm³/mol. The summed E-state index contributed by atoms with van der Waals surface area (Å²) < 4.78 is 8.10. The van der Waals surface area contributed by atoms with E-state index in [1.807, 2.05) is 43.6 Å². The highest BCUT2D eigenvalue weighted by Crippen LogP contribution is 2.36. The number of ether oxygens (including phenoxy) is 1. The molecule has 3 N–H and O–H groups in total. The van der Waals surface area contributed by atoms with Gasteiger partial charge in [0, 0.05) is 37.5 Å². The third-order valence-electron chi connectivity index (χ3n) is 5.82. The zero-order valence-electron chi connectivity index (χ0n) is 18.1. The van der Waals surface area contributed by atoms with E-state index in [1.165, 1.54) is 12.8 Å². The summed E-state index contributed by atoms with van der Waals surface area (Å²) in [6, 6.07) is 9.33. The number of benzene rings is 1. The van der Waals surface area contributed by atoms with Crippen molar-refractivity contribution in [2.75, 3.05) is 12.4 Å². The molecule has 0 radical (unpaired) electrons. The molecule has 1 fully saturated rings. The maximum absolute atomic E-state index is 11.9. The van der Waals surface area contributed by atoms with Gasteiger partial charge in [-0.3, -0.25) is 9.48 Å². The van der Waals surface area contributed by atoms with E-state index in [2.05, 4.69) is 25.7 Å². The number of nitrogens with one attached hydrogen (secondary N) is 3. The van der Waals surface area contributed by atoms with E-state index >= 15 is 0 Å². The molecular formula is C23H25N7O2. The molecule has 9 heteroatoms. The van der Waals surface area contributed by atoms with Gasteiger partial charge in [-0.1, -0.05) is 12.1 Å². The quantitative estimate of drug-likeness (QED) is 0.429. The molecule has 1 aromatic carbocycles. The number of amides is 1. The Labute approximate surface area is 185 Å². The minimum Gasteiger partial charge on any atom is -0.474 e. The van der Waals surface area contributed by atoms with Gasteiger partial charge in [-0.15, -0.1) is 0 Å². The fraction of sp³-hybridized carbons (Fsp3) is 0.304. The van der Waals surface area contributed by atoms with Crippen molar-refractivity contribution in [3.05, 3.63) is 48.3 Å². The SMILES string of the molecule is CNC(=O)c1ccc(-c2c[nH]c3nc(Nc4ccnn4C)nc(OC4CCCC4)c23)cc1. The largest absolute Gasteiger partial charge is 0.474 e. The minimum absolute atomic E-state index is 0.116. The van der Waals surface area contributed by atoms with Gasteiger partial charge in [0.2, 0.25) is 11.8 Å². The molecule has 32 heavy (non-hydrogen) atoms. The Morgan fingerprint density at radius 3 is 2.62 bits per heavy atom. The minimum atomic E-state index is -0.116. The maximum Gasteiger partial charge on any atom is 0.251 e. The smallest absolute Gasteiger partial charge is 0.251 e. The number of carbonyl (C=O) groups excluding carboxylic acids is 1. The van der Waals surface area contributed by atoms with E-state index in [9.17, 15) is 4.79 Å². The number of aryl methyl sites for hydroxylation is 1. The zero-order chi connectivity index (χ0) is 22.1. The molecule has 1 aliphatic carbocycles. The molecule has 0 saturated heterocycles. The highest BCUT2D eigenvalue weighted by molar-refractivity contribution is 5.99. The van der Waals surface area contributed by atoms with Crippen LogP contribution < -0.4 is 15.4 Å². The van der Waals surface area contributed by atoms with Crippen LogP contribution in [0, 0.1) is 0 Å². The van der Waals surface area contributed by atoms with Crippen LogP contribution in [-0.4, -0.2) is 43.8 Å². The van der Waals surface area contributed by atoms with Crippen molar-refractivity contribution in [1.29, 1.82) is 0 Å². The Hall–Kier alpha value is -3.88. The second kappa shape index (κ2) is 8.33. The van der Waals surface area contributed by atoms with Crippen LogP contribution in [0.25, 0.3) is 22.2 Å². The van der Waals surface area contributed by atoms with Gasteiger partial charge in [0.05, 0.1) is 11.6 Å². The summed E-state index contributed by atoms with van der Waals surface area (Å²) in [6.45, 7) is 0. The van der Waals surface area contributed by atoms with E-state index < -0.39 is 0 Å². The average Bonchev–Trinajstić information content (AvgIpc) is 3.56. The zero-order valence-corrected chi connectivity index (χ0v) is 18.1. The van der Waals surface area contributed by atoms with Crippen molar-refractivity contribution in [3.8, 4) is 17.0 Å². The summed E-state index contributed by atoms with van der Waals surface area (Å²) in [5, 5.41) is 10.9. The van der Waals surface area contributed by atoms with Gasteiger partial charge in [-0.2, -0.15) is 15.1 Å². The molecule has 9 nitrogen and oxygen atoms in total. The Morgan fingerprint density at radius 2 is 1.94 bits per heavy atom. The van der Waals surface area contributed by atoms with Crippen molar-refractivity contribution in [1.82, 2.24) is 30.0 Å². The lowest BCUT2D eigenvalue weighted by molar-refractivity contribution is 0.0963. The second-order valence-electron chi connectivity index (χ2n) is 7.92. The first kappa shape index (κ1) is 20.0. The Bertz CT molecular complexity index is 1250. The second-order valence-corrected chi connectivity index (χ2v) is 7.92. The molecule has 0 spiro atoms. The first-order valence-electron chi connectivity index (χ1n) is 10.8. The maximum atomic E-state index is 11.9. The molecule has 5 rings (SSSR count). The van der Waals surface area contributed by atoms with E-state index in [4.69, 9.17) is 9.72 Å². The number of aromatic nitrogens is 5. The van der Waals surface area contributed by atoms with Gasteiger partial charge in [0.25, 0.3) is 5.91 Å². The van der Waals surface area contributed by atoms with Crippen LogP contribution in [0.15, 0.2) is 42.7 Å². The molecule has 0 bridgehead atoms. The first-order valence-corrected chi connectivity index (χ1v) is 10.8. The van der Waals surface area contributed by atoms with E-state index in [0.717, 1.165) is 35.2 Å². The summed E-state index contributed by atoms with van der Waals surface area (Å²) in [6.07, 6.45) is 8.15. The lowest BCUT2D eigenvalue weighted by Gasteiger charge is -2.15. The van der Waals surface area contributed by atoms with Gasteiger partial charge >= 0.3 is 0 Å². The van der Waals surface area contributed by atoms with Gasteiger partial charge in [-0.05, 0) is 43.4 Å². The lowest BCUT2D eigenvalue weighted by atomic mass is 10.0. The molecule has 1 saturated carbocycles. The van der Waals surface area contributed by atoms with Crippen molar-refractivity contribution in [2.24, 2.45) is 7.05 Å². The van der Waals surface area contributed by atoms with Crippen LogP contribution in [0.1, 0.15) is 36.0 Å². The van der Waals surface area contributed by atoms with Crippen molar-refractivity contribution in [3.63, 3.8) is 0 Å². The summed E-state index contributed by atoms with van der Waals surface area (Å²) in [7, 11) is 3.48. The van der Waals surface area contributed by atoms with Crippen molar-refractivity contribution >= 4 is 28.7 Å². The van der Waals surface area contributed by atoms with Crippen LogP contribution >= 0.6 is 0 Å². The molecule has 4 aromatic rings. The first-order chi connectivity index (χ1) is 15.6. The lowest BCUT2D eigenvalue weighted by Crippen LogP contribution is -2.17. The molecule has 3 aromatic heterocycles. The van der Waals surface area contributed by atoms with Crippen molar-refractivity contribution in [2.45, 2.75) is 31.8 Å². The van der Waals surface area contributed by atoms with Gasteiger partial charge in [0.15, 0.2) is 0 Å². The number of rotatable bonds is 6. The Kier molecular flexibility index (Phi) is 5.22. The van der Waals surface area contributed by atoms with E-state index in [0.29, 0.717) is 23.0 Å². The molecule has 1 amide bonds. The summed E-state index contributed by atoms with van der Waals surface area (Å²) in [5.41, 5.74) is 3.18. The van der Waals surface area contributed by atoms with Crippen LogP contribution in [-0.2, 0) is 7.05 Å².